The Hall–Kier alpha value is -0.0800. The van der Waals surface area contributed by atoms with E-state index in [1.807, 2.05) is 11.8 Å². The summed E-state index contributed by atoms with van der Waals surface area (Å²) in [6.45, 7) is 13.7. The van der Waals surface area contributed by atoms with Crippen molar-refractivity contribution in [2.24, 2.45) is 11.3 Å². The van der Waals surface area contributed by atoms with Crippen molar-refractivity contribution in [1.82, 2.24) is 0 Å². The quantitative estimate of drug-likeness (QED) is 0.552. The third kappa shape index (κ3) is 5.43. The molecule has 0 bridgehead atoms. The summed E-state index contributed by atoms with van der Waals surface area (Å²) in [5.74, 6) is 2.74. The topological polar surface area (TPSA) is 0 Å². The highest BCUT2D eigenvalue weighted by atomic mass is 32.2. The molecule has 1 unspecified atom stereocenters. The molecule has 0 aliphatic carbocycles. The van der Waals surface area contributed by atoms with Gasteiger partial charge in [0.1, 0.15) is 0 Å². The van der Waals surface area contributed by atoms with Gasteiger partial charge in [-0.3, -0.25) is 0 Å². The Bertz CT molecular complexity index is 379. The van der Waals surface area contributed by atoms with E-state index in [-0.39, 0.29) is 5.41 Å². The summed E-state index contributed by atoms with van der Waals surface area (Å²) >= 11 is 6.45. The lowest BCUT2D eigenvalue weighted by molar-refractivity contribution is 0.294. The third-order valence-electron chi connectivity index (χ3n) is 3.62. The third-order valence-corrected chi connectivity index (χ3v) is 5.23. The van der Waals surface area contributed by atoms with Crippen molar-refractivity contribution in [3.63, 3.8) is 0 Å². The van der Waals surface area contributed by atoms with E-state index in [2.05, 4.69) is 78.4 Å². The van der Waals surface area contributed by atoms with E-state index >= 15 is 0 Å². The first-order valence-corrected chi connectivity index (χ1v) is 8.60. The van der Waals surface area contributed by atoms with Crippen molar-refractivity contribution >= 4 is 24.4 Å². The molecule has 0 nitrogen and oxygen atoms in total. The summed E-state index contributed by atoms with van der Waals surface area (Å²) in [5.41, 5.74) is 1.97. The fourth-order valence-electron chi connectivity index (χ4n) is 1.82. The van der Waals surface area contributed by atoms with Crippen molar-refractivity contribution in [2.45, 2.75) is 51.9 Å². The zero-order chi connectivity index (χ0) is 14.7. The van der Waals surface area contributed by atoms with Gasteiger partial charge in [-0.25, -0.2) is 0 Å². The van der Waals surface area contributed by atoms with Gasteiger partial charge in [-0.15, -0.1) is 11.8 Å². The Labute approximate surface area is 129 Å². The van der Waals surface area contributed by atoms with E-state index in [9.17, 15) is 0 Å². The van der Waals surface area contributed by atoms with Crippen LogP contribution in [-0.2, 0) is 5.41 Å². The van der Waals surface area contributed by atoms with E-state index in [0.29, 0.717) is 11.3 Å². The minimum atomic E-state index is 0.238. The van der Waals surface area contributed by atoms with Crippen LogP contribution in [0, 0.1) is 11.3 Å². The van der Waals surface area contributed by atoms with Gasteiger partial charge in [0.25, 0.3) is 0 Å². The predicted molar refractivity (Wildman–Crippen MR) is 92.7 cm³/mol. The molecule has 1 aromatic carbocycles. The molecule has 0 aromatic heterocycles. The van der Waals surface area contributed by atoms with Crippen molar-refractivity contribution in [1.29, 1.82) is 0 Å². The average molecular weight is 297 g/mol. The van der Waals surface area contributed by atoms with Gasteiger partial charge >= 0.3 is 0 Å². The van der Waals surface area contributed by atoms with Gasteiger partial charge in [0.15, 0.2) is 0 Å². The number of thioether (sulfide) groups is 1. The second-order valence-electron chi connectivity index (χ2n) is 7.33. The number of hydrogen-bond acceptors (Lipinski definition) is 2. The molecule has 1 atom stereocenters. The van der Waals surface area contributed by atoms with Crippen LogP contribution in [0.15, 0.2) is 29.2 Å². The molecule has 0 saturated heterocycles. The van der Waals surface area contributed by atoms with Gasteiger partial charge in [0.05, 0.1) is 0 Å². The van der Waals surface area contributed by atoms with Gasteiger partial charge in [0, 0.05) is 10.6 Å². The molecule has 0 fully saturated rings. The van der Waals surface area contributed by atoms with Crippen LogP contribution in [0.5, 0.6) is 0 Å². The highest BCUT2D eigenvalue weighted by Crippen LogP contribution is 2.33. The zero-order valence-electron chi connectivity index (χ0n) is 13.2. The van der Waals surface area contributed by atoms with E-state index in [1.54, 1.807) is 0 Å². The maximum absolute atomic E-state index is 4.50. The lowest BCUT2D eigenvalue weighted by atomic mass is 9.83. The van der Waals surface area contributed by atoms with Crippen LogP contribution >= 0.6 is 24.4 Å². The molecule has 0 aliphatic rings. The second kappa shape index (κ2) is 6.58. The summed E-state index contributed by atoms with van der Waals surface area (Å²) in [7, 11) is 0. The van der Waals surface area contributed by atoms with Gasteiger partial charge < -0.3 is 0 Å². The highest BCUT2D eigenvalue weighted by Gasteiger charge is 2.23. The summed E-state index contributed by atoms with van der Waals surface area (Å²) in [5, 5.41) is 0. The Morgan fingerprint density at radius 2 is 1.53 bits per heavy atom. The first kappa shape index (κ1) is 17.0. The van der Waals surface area contributed by atoms with E-state index in [1.165, 1.54) is 10.5 Å². The van der Waals surface area contributed by atoms with Crippen LogP contribution in [-0.4, -0.2) is 11.5 Å². The van der Waals surface area contributed by atoms with Crippen LogP contribution in [0.25, 0.3) is 0 Å². The van der Waals surface area contributed by atoms with Gasteiger partial charge in [-0.2, -0.15) is 12.6 Å². The summed E-state index contributed by atoms with van der Waals surface area (Å²) in [6, 6.07) is 9.03. The van der Waals surface area contributed by atoms with Crippen LogP contribution in [0.2, 0.25) is 0 Å². The van der Waals surface area contributed by atoms with E-state index in [0.717, 1.165) is 11.5 Å². The van der Waals surface area contributed by atoms with Crippen molar-refractivity contribution in [2.75, 3.05) is 11.5 Å². The number of benzene rings is 1. The van der Waals surface area contributed by atoms with Crippen LogP contribution in [0.1, 0.15) is 47.1 Å². The number of thiol groups is 1. The molecule has 19 heavy (non-hydrogen) atoms. The van der Waals surface area contributed by atoms with Gasteiger partial charge in [-0.05, 0) is 40.2 Å². The van der Waals surface area contributed by atoms with E-state index < -0.39 is 0 Å². The summed E-state index contributed by atoms with van der Waals surface area (Å²) < 4.78 is 0. The van der Waals surface area contributed by atoms with Crippen molar-refractivity contribution in [3.8, 4) is 0 Å². The van der Waals surface area contributed by atoms with Gasteiger partial charge in [0.2, 0.25) is 0 Å². The zero-order valence-corrected chi connectivity index (χ0v) is 14.9. The smallest absolute Gasteiger partial charge is 0.00722 e. The van der Waals surface area contributed by atoms with Crippen LogP contribution in [0.4, 0.5) is 0 Å². The Morgan fingerprint density at radius 3 is 1.89 bits per heavy atom. The molecule has 0 N–H and O–H groups in total. The maximum atomic E-state index is 4.50. The number of hydrogen-bond donors (Lipinski definition) is 1. The largest absolute Gasteiger partial charge is 0.179 e. The average Bonchev–Trinajstić information content (AvgIpc) is 2.27. The molecule has 0 spiro atoms. The van der Waals surface area contributed by atoms with E-state index in [4.69, 9.17) is 0 Å². The summed E-state index contributed by atoms with van der Waals surface area (Å²) in [6.07, 6.45) is 0. The SMILES string of the molecule is CC(C)(C)c1ccc(SCC(CS)C(C)(C)C)cc1. The molecular formula is C17H28S2. The molecule has 0 heterocycles. The van der Waals surface area contributed by atoms with Crippen molar-refractivity contribution in [3.05, 3.63) is 29.8 Å². The molecular weight excluding hydrogens is 268 g/mol. The Kier molecular flexibility index (Phi) is 5.88. The lowest BCUT2D eigenvalue weighted by Gasteiger charge is -2.29. The predicted octanol–water partition coefficient (Wildman–Crippen LogP) is 5.67. The van der Waals surface area contributed by atoms with Gasteiger partial charge in [-0.1, -0.05) is 53.7 Å². The Balaban J connectivity index is 2.64. The molecule has 0 aliphatic heterocycles. The molecule has 1 aromatic rings. The van der Waals surface area contributed by atoms with Crippen molar-refractivity contribution < 1.29 is 0 Å². The highest BCUT2D eigenvalue weighted by molar-refractivity contribution is 7.99. The molecule has 0 saturated carbocycles. The summed E-state index contributed by atoms with van der Waals surface area (Å²) in [4.78, 5) is 1.36. The molecule has 0 amide bonds. The van der Waals surface area contributed by atoms with Crippen LogP contribution in [0.3, 0.4) is 0 Å². The number of rotatable bonds is 4. The molecule has 0 radical (unpaired) electrons. The standard InChI is InChI=1S/C17H28S2/c1-16(2,3)13-7-9-15(10-8-13)19-12-14(11-18)17(4,5)6/h7-10,14,18H,11-12H2,1-6H3. The maximum Gasteiger partial charge on any atom is 0.00722 e. The fourth-order valence-corrected chi connectivity index (χ4v) is 4.02. The molecule has 2 heteroatoms. The normalized spacial score (nSPS) is 14.5. The first-order chi connectivity index (χ1) is 8.64. The minimum absolute atomic E-state index is 0.238. The lowest BCUT2D eigenvalue weighted by Crippen LogP contribution is -2.24. The first-order valence-electron chi connectivity index (χ1n) is 6.99. The minimum Gasteiger partial charge on any atom is -0.179 e. The fraction of sp³-hybridized carbons (Fsp3) is 0.647. The second-order valence-corrected chi connectivity index (χ2v) is 8.79. The molecule has 1 rings (SSSR count). The molecule has 108 valence electrons. The Morgan fingerprint density at radius 1 is 1.00 bits per heavy atom. The monoisotopic (exact) mass is 296 g/mol. The van der Waals surface area contributed by atoms with Crippen LogP contribution < -0.4 is 0 Å².